The molecule has 0 atom stereocenters. The summed E-state index contributed by atoms with van der Waals surface area (Å²) in [6, 6.07) is 5.55. The van der Waals surface area contributed by atoms with Crippen LogP contribution in [0.15, 0.2) is 22.7 Å². The van der Waals surface area contributed by atoms with E-state index in [1.54, 1.807) is 7.11 Å². The number of nitrogens with one attached hydrogen (secondary N) is 1. The minimum absolute atomic E-state index is 0.0542. The van der Waals surface area contributed by atoms with E-state index in [2.05, 4.69) is 21.2 Å². The standard InChI is InChI=1S/C21H26BrNO4/c1-26-18-3-2-17(22)7-16(18)12-27-19(24)11-23-20(25)21-8-13-4-14(9-21)6-15(5-13)10-21/h2-3,7,13-15H,4-6,8-12H2,1H3,(H,23,25). The average molecular weight is 436 g/mol. The van der Waals surface area contributed by atoms with Crippen LogP contribution in [-0.2, 0) is 20.9 Å². The lowest BCUT2D eigenvalue weighted by molar-refractivity contribution is -0.151. The van der Waals surface area contributed by atoms with Crippen LogP contribution < -0.4 is 10.1 Å². The van der Waals surface area contributed by atoms with Gasteiger partial charge in [0.05, 0.1) is 7.11 Å². The maximum absolute atomic E-state index is 12.9. The number of rotatable bonds is 6. The van der Waals surface area contributed by atoms with Crippen LogP contribution in [0.3, 0.4) is 0 Å². The van der Waals surface area contributed by atoms with Gasteiger partial charge in [-0.2, -0.15) is 0 Å². The number of esters is 1. The van der Waals surface area contributed by atoms with Crippen LogP contribution in [0.5, 0.6) is 5.75 Å². The topological polar surface area (TPSA) is 64.6 Å². The van der Waals surface area contributed by atoms with E-state index in [1.165, 1.54) is 19.3 Å². The number of carbonyl (C=O) groups is 2. The molecule has 1 aromatic rings. The summed E-state index contributed by atoms with van der Waals surface area (Å²) in [6.07, 6.45) is 6.87. The molecule has 0 unspecified atom stereocenters. The Balaban J connectivity index is 1.30. The Hall–Kier alpha value is -1.56. The molecular formula is C21H26BrNO4. The van der Waals surface area contributed by atoms with E-state index in [1.807, 2.05) is 18.2 Å². The molecule has 4 aliphatic carbocycles. The summed E-state index contributed by atoms with van der Waals surface area (Å²) >= 11 is 3.41. The van der Waals surface area contributed by atoms with Crippen molar-refractivity contribution in [2.75, 3.05) is 13.7 Å². The molecular weight excluding hydrogens is 410 g/mol. The van der Waals surface area contributed by atoms with Gasteiger partial charge in [0.2, 0.25) is 5.91 Å². The fourth-order valence-electron chi connectivity index (χ4n) is 5.80. The lowest BCUT2D eigenvalue weighted by atomic mass is 9.49. The zero-order chi connectivity index (χ0) is 19.0. The molecule has 0 radical (unpaired) electrons. The summed E-state index contributed by atoms with van der Waals surface area (Å²) in [5.41, 5.74) is 0.551. The van der Waals surface area contributed by atoms with Gasteiger partial charge in [0.25, 0.3) is 0 Å². The van der Waals surface area contributed by atoms with Crippen molar-refractivity contribution in [1.29, 1.82) is 0 Å². The highest BCUT2D eigenvalue weighted by molar-refractivity contribution is 9.10. The predicted octanol–water partition coefficient (Wildman–Crippen LogP) is 3.83. The summed E-state index contributed by atoms with van der Waals surface area (Å²) < 4.78 is 11.5. The van der Waals surface area contributed by atoms with Crippen LogP contribution in [0.25, 0.3) is 0 Å². The molecule has 4 fully saturated rings. The molecule has 146 valence electrons. The van der Waals surface area contributed by atoms with E-state index in [0.29, 0.717) is 23.5 Å². The van der Waals surface area contributed by atoms with Gasteiger partial charge < -0.3 is 14.8 Å². The maximum Gasteiger partial charge on any atom is 0.325 e. The third-order valence-corrected chi connectivity index (χ3v) is 7.04. The van der Waals surface area contributed by atoms with Crippen LogP contribution in [0, 0.1) is 23.2 Å². The van der Waals surface area contributed by atoms with Crippen molar-refractivity contribution in [1.82, 2.24) is 5.32 Å². The van der Waals surface area contributed by atoms with Gasteiger partial charge in [-0.15, -0.1) is 0 Å². The molecule has 5 rings (SSSR count). The van der Waals surface area contributed by atoms with Crippen LogP contribution in [-0.4, -0.2) is 25.5 Å². The van der Waals surface area contributed by atoms with E-state index in [-0.39, 0.29) is 24.5 Å². The highest BCUT2D eigenvalue weighted by Gasteiger charge is 2.54. The average Bonchev–Trinajstić information content (AvgIpc) is 2.63. The molecule has 4 bridgehead atoms. The fourth-order valence-corrected chi connectivity index (χ4v) is 6.21. The van der Waals surface area contributed by atoms with Gasteiger partial charge in [-0.1, -0.05) is 15.9 Å². The number of amides is 1. The Bertz CT molecular complexity index is 712. The number of methoxy groups -OCH3 is 1. The molecule has 6 heteroatoms. The lowest BCUT2D eigenvalue weighted by Crippen LogP contribution is -2.54. The first-order chi connectivity index (χ1) is 13.0. The van der Waals surface area contributed by atoms with Crippen molar-refractivity contribution in [2.24, 2.45) is 23.2 Å². The minimum Gasteiger partial charge on any atom is -0.496 e. The van der Waals surface area contributed by atoms with Crippen LogP contribution in [0.1, 0.15) is 44.1 Å². The number of hydrogen-bond acceptors (Lipinski definition) is 4. The van der Waals surface area contributed by atoms with Crippen LogP contribution >= 0.6 is 15.9 Å². The summed E-state index contributed by atoms with van der Waals surface area (Å²) in [4.78, 5) is 25.0. The second-order valence-corrected chi connectivity index (χ2v) is 9.41. The molecule has 0 spiro atoms. The summed E-state index contributed by atoms with van der Waals surface area (Å²) in [7, 11) is 1.58. The quantitative estimate of drug-likeness (QED) is 0.689. The van der Waals surface area contributed by atoms with Gasteiger partial charge in [0, 0.05) is 15.5 Å². The Kier molecular flexibility index (Phi) is 5.19. The number of hydrogen-bond donors (Lipinski definition) is 1. The van der Waals surface area contributed by atoms with Gasteiger partial charge in [0.1, 0.15) is 18.9 Å². The highest BCUT2D eigenvalue weighted by Crippen LogP contribution is 2.60. The molecule has 0 aliphatic heterocycles. The van der Waals surface area contributed by atoms with E-state index in [0.717, 1.165) is 29.3 Å². The molecule has 0 aromatic heterocycles. The van der Waals surface area contributed by atoms with Gasteiger partial charge in [-0.3, -0.25) is 9.59 Å². The van der Waals surface area contributed by atoms with Crippen molar-refractivity contribution in [3.05, 3.63) is 28.2 Å². The SMILES string of the molecule is COc1ccc(Br)cc1COC(=O)CNC(=O)C12CC3CC(CC(C3)C1)C2. The zero-order valence-corrected chi connectivity index (χ0v) is 17.2. The van der Waals surface area contributed by atoms with Crippen molar-refractivity contribution in [2.45, 2.75) is 45.1 Å². The third kappa shape index (κ3) is 3.86. The molecule has 1 aromatic carbocycles. The zero-order valence-electron chi connectivity index (χ0n) is 15.6. The molecule has 4 saturated carbocycles. The second kappa shape index (κ2) is 7.46. The smallest absolute Gasteiger partial charge is 0.325 e. The van der Waals surface area contributed by atoms with E-state index < -0.39 is 5.97 Å². The molecule has 1 amide bonds. The first-order valence-corrected chi connectivity index (χ1v) is 10.5. The largest absolute Gasteiger partial charge is 0.496 e. The number of benzene rings is 1. The van der Waals surface area contributed by atoms with Crippen LogP contribution in [0.4, 0.5) is 0 Å². The molecule has 5 nitrogen and oxygen atoms in total. The van der Waals surface area contributed by atoms with Gasteiger partial charge in [-0.25, -0.2) is 0 Å². The Morgan fingerprint density at radius 1 is 1.15 bits per heavy atom. The summed E-state index contributed by atoms with van der Waals surface area (Å²) in [5.74, 6) is 2.42. The van der Waals surface area contributed by atoms with Crippen LogP contribution in [0.2, 0.25) is 0 Å². The van der Waals surface area contributed by atoms with E-state index in [4.69, 9.17) is 9.47 Å². The number of halogens is 1. The summed E-state index contributed by atoms with van der Waals surface area (Å²) in [6.45, 7) is 0.0472. The van der Waals surface area contributed by atoms with E-state index in [9.17, 15) is 9.59 Å². The van der Waals surface area contributed by atoms with Crippen molar-refractivity contribution < 1.29 is 19.1 Å². The first-order valence-electron chi connectivity index (χ1n) is 9.74. The molecule has 1 N–H and O–H groups in total. The lowest BCUT2D eigenvalue weighted by Gasteiger charge is -2.55. The second-order valence-electron chi connectivity index (χ2n) is 8.50. The van der Waals surface area contributed by atoms with Gasteiger partial charge >= 0.3 is 5.97 Å². The monoisotopic (exact) mass is 435 g/mol. The van der Waals surface area contributed by atoms with Crippen molar-refractivity contribution in [3.8, 4) is 5.75 Å². The highest BCUT2D eigenvalue weighted by atomic mass is 79.9. The molecule has 27 heavy (non-hydrogen) atoms. The van der Waals surface area contributed by atoms with E-state index >= 15 is 0 Å². The summed E-state index contributed by atoms with van der Waals surface area (Å²) in [5, 5.41) is 2.86. The van der Waals surface area contributed by atoms with Gasteiger partial charge in [0.15, 0.2) is 0 Å². The predicted molar refractivity (Wildman–Crippen MR) is 104 cm³/mol. The molecule has 0 saturated heterocycles. The third-order valence-electron chi connectivity index (χ3n) is 6.54. The van der Waals surface area contributed by atoms with Crippen molar-refractivity contribution in [3.63, 3.8) is 0 Å². The number of carbonyl (C=O) groups excluding carboxylic acids is 2. The first kappa shape index (κ1) is 18.8. The Morgan fingerprint density at radius 2 is 1.78 bits per heavy atom. The molecule has 4 aliphatic rings. The minimum atomic E-state index is -0.421. The van der Waals surface area contributed by atoms with Crippen molar-refractivity contribution >= 4 is 27.8 Å². The number of ether oxygens (including phenoxy) is 2. The Labute approximate surface area is 168 Å². The fraction of sp³-hybridized carbons (Fsp3) is 0.619. The Morgan fingerprint density at radius 3 is 2.37 bits per heavy atom. The maximum atomic E-state index is 12.9. The van der Waals surface area contributed by atoms with Gasteiger partial charge in [-0.05, 0) is 74.5 Å². The molecule has 0 heterocycles. The normalized spacial score (nSPS) is 30.8.